The van der Waals surface area contributed by atoms with Crippen LogP contribution in [0.4, 0.5) is 5.69 Å². The van der Waals surface area contributed by atoms with Gasteiger partial charge >= 0.3 is 0 Å². The number of nitrogens with one attached hydrogen (secondary N) is 2. The highest BCUT2D eigenvalue weighted by Crippen LogP contribution is 2.15. The molecule has 2 aromatic carbocycles. The average molecular weight is 385 g/mol. The van der Waals surface area contributed by atoms with Crippen LogP contribution in [0.1, 0.15) is 26.5 Å². The van der Waals surface area contributed by atoms with Crippen LogP contribution in [0.2, 0.25) is 0 Å². The van der Waals surface area contributed by atoms with Crippen molar-refractivity contribution >= 4 is 28.5 Å². The third-order valence-electron chi connectivity index (χ3n) is 4.59. The number of imidazole rings is 1. The second kappa shape index (κ2) is 7.93. The van der Waals surface area contributed by atoms with E-state index in [9.17, 15) is 9.59 Å². The summed E-state index contributed by atoms with van der Waals surface area (Å²) in [6.45, 7) is 0.302. The van der Waals surface area contributed by atoms with Gasteiger partial charge in [-0.15, -0.1) is 0 Å². The van der Waals surface area contributed by atoms with E-state index in [0.717, 1.165) is 16.9 Å². The lowest BCUT2D eigenvalue weighted by atomic mass is 10.1. The Kier molecular flexibility index (Phi) is 5.03. The fourth-order valence-corrected chi connectivity index (χ4v) is 3.05. The number of para-hydroxylation sites is 2. The number of nitrogens with zero attached hydrogens (tertiary/aromatic N) is 3. The van der Waals surface area contributed by atoms with Crippen molar-refractivity contribution in [1.82, 2.24) is 19.9 Å². The highest BCUT2D eigenvalue weighted by atomic mass is 16.2. The first-order valence-corrected chi connectivity index (χ1v) is 9.12. The Balaban J connectivity index is 1.44. The maximum Gasteiger partial charge on any atom is 0.257 e. The molecule has 7 nitrogen and oxygen atoms in total. The van der Waals surface area contributed by atoms with Gasteiger partial charge in [0.15, 0.2) is 0 Å². The lowest BCUT2D eigenvalue weighted by Gasteiger charge is -2.08. The normalized spacial score (nSPS) is 10.7. The number of carbonyl (C=O) groups excluding carboxylic acids is 2. The molecule has 0 saturated heterocycles. The van der Waals surface area contributed by atoms with Crippen molar-refractivity contribution in [2.24, 2.45) is 7.05 Å². The van der Waals surface area contributed by atoms with E-state index < -0.39 is 0 Å². The summed E-state index contributed by atoms with van der Waals surface area (Å²) in [5, 5.41) is 5.66. The minimum absolute atomic E-state index is 0.241. The second-order valence-corrected chi connectivity index (χ2v) is 6.54. The molecule has 2 amide bonds. The van der Waals surface area contributed by atoms with Crippen molar-refractivity contribution in [2.75, 3.05) is 5.32 Å². The van der Waals surface area contributed by atoms with Crippen LogP contribution in [0.5, 0.6) is 0 Å². The van der Waals surface area contributed by atoms with E-state index in [0.29, 0.717) is 23.4 Å². The Morgan fingerprint density at radius 2 is 1.79 bits per heavy atom. The molecule has 144 valence electrons. The molecule has 0 unspecified atom stereocenters. The van der Waals surface area contributed by atoms with Crippen LogP contribution in [0, 0.1) is 0 Å². The molecule has 4 rings (SSSR count). The molecule has 0 aliphatic heterocycles. The third kappa shape index (κ3) is 3.98. The Hall–Kier alpha value is -4.00. The van der Waals surface area contributed by atoms with Gasteiger partial charge in [0, 0.05) is 30.7 Å². The maximum absolute atomic E-state index is 12.6. The predicted molar refractivity (Wildman–Crippen MR) is 111 cm³/mol. The Morgan fingerprint density at radius 1 is 0.966 bits per heavy atom. The standard InChI is InChI=1S/C22H19N5O2/c1-27-19-10-3-2-9-18(19)26-20(27)14-24-21(28)15-6-4-8-17(12-15)25-22(29)16-7-5-11-23-13-16/h2-13H,14H2,1H3,(H,24,28)(H,25,29). The first kappa shape index (κ1) is 18.4. The average Bonchev–Trinajstić information content (AvgIpc) is 3.08. The fourth-order valence-electron chi connectivity index (χ4n) is 3.05. The number of amides is 2. The maximum atomic E-state index is 12.6. The van der Waals surface area contributed by atoms with Crippen LogP contribution in [-0.4, -0.2) is 26.3 Å². The van der Waals surface area contributed by atoms with E-state index in [2.05, 4.69) is 20.6 Å². The van der Waals surface area contributed by atoms with Crippen LogP contribution >= 0.6 is 0 Å². The van der Waals surface area contributed by atoms with E-state index in [-0.39, 0.29) is 11.8 Å². The molecule has 2 N–H and O–H groups in total. The molecular weight excluding hydrogens is 366 g/mol. The SMILES string of the molecule is Cn1c(CNC(=O)c2cccc(NC(=O)c3cccnc3)c2)nc2ccccc21. The Morgan fingerprint density at radius 3 is 2.59 bits per heavy atom. The zero-order valence-electron chi connectivity index (χ0n) is 15.8. The number of aryl methyl sites for hydroxylation is 1. The molecule has 2 aromatic heterocycles. The number of rotatable bonds is 5. The number of carbonyl (C=O) groups is 2. The van der Waals surface area contributed by atoms with Crippen LogP contribution < -0.4 is 10.6 Å². The minimum atomic E-state index is -0.282. The molecule has 4 aromatic rings. The fraction of sp³-hybridized carbons (Fsp3) is 0.0909. The largest absolute Gasteiger partial charge is 0.345 e. The second-order valence-electron chi connectivity index (χ2n) is 6.54. The van der Waals surface area contributed by atoms with Crippen molar-refractivity contribution in [3.05, 3.63) is 90.0 Å². The van der Waals surface area contributed by atoms with Crippen LogP contribution in [0.3, 0.4) is 0 Å². The van der Waals surface area contributed by atoms with Gasteiger partial charge < -0.3 is 15.2 Å². The number of hydrogen-bond donors (Lipinski definition) is 2. The van der Waals surface area contributed by atoms with Crippen molar-refractivity contribution in [3.63, 3.8) is 0 Å². The van der Waals surface area contributed by atoms with Gasteiger partial charge in [-0.3, -0.25) is 14.6 Å². The molecule has 0 aliphatic rings. The zero-order valence-corrected chi connectivity index (χ0v) is 15.8. The first-order chi connectivity index (χ1) is 14.1. The summed E-state index contributed by atoms with van der Waals surface area (Å²) in [4.78, 5) is 33.3. The van der Waals surface area contributed by atoms with Crippen molar-refractivity contribution in [1.29, 1.82) is 0 Å². The molecule has 0 bridgehead atoms. The van der Waals surface area contributed by atoms with Crippen LogP contribution in [0.15, 0.2) is 73.1 Å². The van der Waals surface area contributed by atoms with E-state index >= 15 is 0 Å². The number of pyridine rings is 1. The number of fused-ring (bicyclic) bond motifs is 1. The number of hydrogen-bond acceptors (Lipinski definition) is 4. The topological polar surface area (TPSA) is 88.9 Å². The van der Waals surface area contributed by atoms with Gasteiger partial charge in [0.1, 0.15) is 5.82 Å². The Bertz CT molecular complexity index is 1180. The summed E-state index contributed by atoms with van der Waals surface area (Å²) in [6, 6.07) is 18.0. The van der Waals surface area contributed by atoms with Gasteiger partial charge in [0.2, 0.25) is 0 Å². The summed E-state index contributed by atoms with van der Waals surface area (Å²) in [5.74, 6) is 0.241. The van der Waals surface area contributed by atoms with Crippen molar-refractivity contribution in [3.8, 4) is 0 Å². The van der Waals surface area contributed by atoms with Crippen molar-refractivity contribution in [2.45, 2.75) is 6.54 Å². The molecular formula is C22H19N5O2. The summed E-state index contributed by atoms with van der Waals surface area (Å²) < 4.78 is 1.96. The van der Waals surface area contributed by atoms with Gasteiger partial charge in [-0.25, -0.2) is 4.98 Å². The molecule has 0 saturated carbocycles. The molecule has 0 aliphatic carbocycles. The van der Waals surface area contributed by atoms with E-state index in [1.165, 1.54) is 6.20 Å². The summed E-state index contributed by atoms with van der Waals surface area (Å²) in [7, 11) is 1.92. The molecule has 0 fully saturated rings. The van der Waals surface area contributed by atoms with Gasteiger partial charge in [-0.05, 0) is 42.5 Å². The summed E-state index contributed by atoms with van der Waals surface area (Å²) >= 11 is 0. The Labute approximate surface area is 167 Å². The minimum Gasteiger partial charge on any atom is -0.345 e. The number of benzene rings is 2. The first-order valence-electron chi connectivity index (χ1n) is 9.12. The van der Waals surface area contributed by atoms with E-state index in [1.807, 2.05) is 35.9 Å². The van der Waals surface area contributed by atoms with Crippen molar-refractivity contribution < 1.29 is 9.59 Å². The van der Waals surface area contributed by atoms with Gasteiger partial charge in [0.05, 0.1) is 23.1 Å². The van der Waals surface area contributed by atoms with Crippen LogP contribution in [-0.2, 0) is 13.6 Å². The number of anilines is 1. The lowest BCUT2D eigenvalue weighted by Crippen LogP contribution is -2.24. The zero-order chi connectivity index (χ0) is 20.2. The number of aromatic nitrogens is 3. The molecule has 29 heavy (non-hydrogen) atoms. The molecule has 2 heterocycles. The van der Waals surface area contributed by atoms with E-state index in [1.54, 1.807) is 42.6 Å². The molecule has 0 radical (unpaired) electrons. The van der Waals surface area contributed by atoms with Gasteiger partial charge in [0.25, 0.3) is 11.8 Å². The van der Waals surface area contributed by atoms with Gasteiger partial charge in [-0.2, -0.15) is 0 Å². The van der Waals surface area contributed by atoms with E-state index in [4.69, 9.17) is 0 Å². The quantitative estimate of drug-likeness (QED) is 0.552. The predicted octanol–water partition coefficient (Wildman–Crippen LogP) is 3.15. The highest BCUT2D eigenvalue weighted by molar-refractivity contribution is 6.04. The van der Waals surface area contributed by atoms with Crippen LogP contribution in [0.25, 0.3) is 11.0 Å². The van der Waals surface area contributed by atoms with Gasteiger partial charge in [-0.1, -0.05) is 18.2 Å². The smallest absolute Gasteiger partial charge is 0.257 e. The highest BCUT2D eigenvalue weighted by Gasteiger charge is 2.12. The molecule has 0 atom stereocenters. The lowest BCUT2D eigenvalue weighted by molar-refractivity contribution is 0.0948. The molecule has 0 spiro atoms. The third-order valence-corrected chi connectivity index (χ3v) is 4.59. The summed E-state index contributed by atoms with van der Waals surface area (Å²) in [6.07, 6.45) is 3.09. The molecule has 7 heteroatoms. The summed E-state index contributed by atoms with van der Waals surface area (Å²) in [5.41, 5.74) is 3.34. The monoisotopic (exact) mass is 385 g/mol.